The summed E-state index contributed by atoms with van der Waals surface area (Å²) in [5, 5.41) is 10.7. The molecule has 0 spiro atoms. The smallest absolute Gasteiger partial charge is 0.254 e. The third kappa shape index (κ3) is 3.71. The number of rotatable bonds is 4. The lowest BCUT2D eigenvalue weighted by Gasteiger charge is -2.42. The van der Waals surface area contributed by atoms with Crippen LogP contribution in [0.5, 0.6) is 5.75 Å². The highest BCUT2D eigenvalue weighted by molar-refractivity contribution is 5.97. The average molecular weight is 500 g/mol. The summed E-state index contributed by atoms with van der Waals surface area (Å²) in [4.78, 5) is 30.9. The Morgan fingerprint density at radius 1 is 0.892 bits per heavy atom. The molecule has 0 radical (unpaired) electrons. The lowest BCUT2D eigenvalue weighted by Crippen LogP contribution is -2.44. The molecule has 2 aliphatic heterocycles. The molecule has 1 saturated carbocycles. The van der Waals surface area contributed by atoms with Gasteiger partial charge in [0.2, 0.25) is 0 Å². The lowest BCUT2D eigenvalue weighted by atomic mass is 9.60. The van der Waals surface area contributed by atoms with Gasteiger partial charge in [-0.3, -0.25) is 14.7 Å². The number of amides is 2. The van der Waals surface area contributed by atoms with Crippen molar-refractivity contribution in [3.63, 3.8) is 0 Å². The summed E-state index contributed by atoms with van der Waals surface area (Å²) >= 11 is 0. The Balaban J connectivity index is 1.04. The van der Waals surface area contributed by atoms with E-state index in [1.807, 2.05) is 43.0 Å². The zero-order chi connectivity index (χ0) is 25.3. The molecule has 2 aromatic carbocycles. The van der Waals surface area contributed by atoms with E-state index in [2.05, 4.69) is 26.4 Å². The highest BCUT2D eigenvalue weighted by Crippen LogP contribution is 2.54. The maximum Gasteiger partial charge on any atom is 0.254 e. The number of carbonyl (C=O) groups is 2. The van der Waals surface area contributed by atoms with E-state index in [0.717, 1.165) is 55.9 Å². The number of aryl methyl sites for hydroxylation is 1. The zero-order valence-corrected chi connectivity index (χ0v) is 21.4. The largest absolute Gasteiger partial charge is 0.491 e. The number of likely N-dealkylation sites (tertiary alicyclic amines) is 2. The fourth-order valence-corrected chi connectivity index (χ4v) is 7.36. The maximum atomic E-state index is 13.6. The summed E-state index contributed by atoms with van der Waals surface area (Å²) in [6.45, 7) is 7.20. The second-order valence-electron chi connectivity index (χ2n) is 11.6. The summed E-state index contributed by atoms with van der Waals surface area (Å²) in [6.07, 6.45) is 4.49. The molecule has 1 aromatic heterocycles. The van der Waals surface area contributed by atoms with Crippen molar-refractivity contribution in [3.05, 3.63) is 52.6 Å². The number of fused-ring (bicyclic) bond motifs is 6. The van der Waals surface area contributed by atoms with Crippen LogP contribution in [0, 0.1) is 23.7 Å². The van der Waals surface area contributed by atoms with Crippen LogP contribution in [0.3, 0.4) is 0 Å². The van der Waals surface area contributed by atoms with Crippen LogP contribution in [0.4, 0.5) is 0 Å². The van der Waals surface area contributed by atoms with Crippen LogP contribution < -0.4 is 4.74 Å². The van der Waals surface area contributed by atoms with Crippen LogP contribution in [-0.4, -0.2) is 69.3 Å². The van der Waals surface area contributed by atoms with Gasteiger partial charge in [0.05, 0.1) is 11.6 Å². The molecule has 1 N–H and O–H groups in total. The lowest BCUT2D eigenvalue weighted by molar-refractivity contribution is 0.0629. The molecule has 3 heterocycles. The van der Waals surface area contributed by atoms with Gasteiger partial charge >= 0.3 is 0 Å². The molecule has 8 heteroatoms. The van der Waals surface area contributed by atoms with E-state index in [-0.39, 0.29) is 17.9 Å². The maximum absolute atomic E-state index is 13.6. The average Bonchev–Trinajstić information content (AvgIpc) is 3.61. The Labute approximate surface area is 216 Å². The summed E-state index contributed by atoms with van der Waals surface area (Å²) in [6, 6.07) is 9.64. The molecule has 7 rings (SSSR count). The molecule has 4 aliphatic rings. The molecule has 0 bridgehead atoms. The van der Waals surface area contributed by atoms with Gasteiger partial charge in [0, 0.05) is 37.3 Å². The predicted octanol–water partition coefficient (Wildman–Crippen LogP) is 3.71. The molecule has 2 unspecified atom stereocenters. The second kappa shape index (κ2) is 8.57. The third-order valence-corrected chi connectivity index (χ3v) is 9.11. The topological polar surface area (TPSA) is 91.4 Å². The Hall–Kier alpha value is -3.42. The first-order valence-electron chi connectivity index (χ1n) is 13.7. The number of hydrogen-bond acceptors (Lipinski definition) is 5. The molecule has 3 fully saturated rings. The molecule has 37 heavy (non-hydrogen) atoms. The summed E-state index contributed by atoms with van der Waals surface area (Å²) in [7, 11) is 0. The van der Waals surface area contributed by atoms with Crippen molar-refractivity contribution >= 4 is 22.8 Å². The summed E-state index contributed by atoms with van der Waals surface area (Å²) in [5.41, 5.74) is 5.55. The van der Waals surface area contributed by atoms with E-state index in [0.29, 0.717) is 34.8 Å². The minimum absolute atomic E-state index is 0.0667. The van der Waals surface area contributed by atoms with Crippen LogP contribution >= 0.6 is 0 Å². The molecule has 3 aromatic rings. The van der Waals surface area contributed by atoms with E-state index in [1.165, 1.54) is 24.0 Å². The predicted molar refractivity (Wildman–Crippen MR) is 139 cm³/mol. The zero-order valence-electron chi connectivity index (χ0n) is 21.4. The first-order chi connectivity index (χ1) is 18.0. The van der Waals surface area contributed by atoms with Crippen LogP contribution in [0.15, 0.2) is 30.3 Å². The van der Waals surface area contributed by atoms with E-state index in [4.69, 9.17) is 4.74 Å². The number of aromatic amines is 1. The van der Waals surface area contributed by atoms with Crippen molar-refractivity contribution < 1.29 is 14.3 Å². The first kappa shape index (κ1) is 22.8. The Morgan fingerprint density at radius 3 is 2.22 bits per heavy atom. The first-order valence-corrected chi connectivity index (χ1v) is 13.7. The van der Waals surface area contributed by atoms with Crippen molar-refractivity contribution in [3.8, 4) is 5.75 Å². The minimum atomic E-state index is 0.0667. The Morgan fingerprint density at radius 2 is 1.54 bits per heavy atom. The molecular formula is C29H33N5O3. The van der Waals surface area contributed by atoms with Gasteiger partial charge in [-0.2, -0.15) is 0 Å². The van der Waals surface area contributed by atoms with Crippen molar-refractivity contribution in [1.82, 2.24) is 25.2 Å². The van der Waals surface area contributed by atoms with Crippen molar-refractivity contribution in [2.24, 2.45) is 23.7 Å². The van der Waals surface area contributed by atoms with Gasteiger partial charge in [0.15, 0.2) is 0 Å². The molecule has 192 valence electrons. The van der Waals surface area contributed by atoms with Gasteiger partial charge in [0.1, 0.15) is 11.3 Å². The van der Waals surface area contributed by atoms with Crippen LogP contribution in [0.1, 0.15) is 58.5 Å². The monoisotopic (exact) mass is 499 g/mol. The van der Waals surface area contributed by atoms with Gasteiger partial charge in [-0.05, 0) is 105 Å². The molecule has 8 nitrogen and oxygen atoms in total. The number of nitrogens with one attached hydrogen (secondary N) is 1. The van der Waals surface area contributed by atoms with Gasteiger partial charge < -0.3 is 14.5 Å². The fraction of sp³-hybridized carbons (Fsp3) is 0.517. The summed E-state index contributed by atoms with van der Waals surface area (Å²) < 4.78 is 6.15. The quantitative estimate of drug-likeness (QED) is 0.591. The highest BCUT2D eigenvalue weighted by atomic mass is 16.5. The number of carbonyl (C=O) groups excluding carboxylic acids is 2. The fourth-order valence-electron chi connectivity index (χ4n) is 7.36. The number of aromatic nitrogens is 3. The number of benzene rings is 2. The SMILES string of the molecule is CC(C)Oc1cc(C(=O)N2CC3C(C2)[C@@H]2CN(C(=O)c4ccc5[nH]nnc5c4)C[C@H]32)cc2c1CCCC2. The third-order valence-electron chi connectivity index (χ3n) is 9.11. The van der Waals surface area contributed by atoms with Crippen LogP contribution in [0.2, 0.25) is 0 Å². The molecule has 2 aliphatic carbocycles. The van der Waals surface area contributed by atoms with Crippen molar-refractivity contribution in [1.29, 1.82) is 0 Å². The van der Waals surface area contributed by atoms with E-state index in [9.17, 15) is 9.59 Å². The number of nitrogens with zero attached hydrogens (tertiary/aromatic N) is 4. The van der Waals surface area contributed by atoms with E-state index < -0.39 is 0 Å². The molecule has 2 saturated heterocycles. The van der Waals surface area contributed by atoms with Crippen molar-refractivity contribution in [2.45, 2.75) is 45.6 Å². The standard InChI is InChI=1S/C29H33N5O3/c1-16(2)37-27-11-19(9-17-5-3-4-6-20(17)27)29(36)34-14-23-21-12-33(13-22(21)24(23)15-34)28(35)18-7-8-25-26(10-18)31-32-30-25/h7-11,16,21-24H,3-6,12-15H2,1-2H3,(H,30,31,32)/t21-,22+,23?,24?. The van der Waals surface area contributed by atoms with E-state index in [1.54, 1.807) is 0 Å². The van der Waals surface area contributed by atoms with Crippen LogP contribution in [0.25, 0.3) is 11.0 Å². The van der Waals surface area contributed by atoms with Gasteiger partial charge in [0.25, 0.3) is 11.8 Å². The van der Waals surface area contributed by atoms with Gasteiger partial charge in [-0.1, -0.05) is 5.21 Å². The normalized spacial score (nSPS) is 26.1. The number of ether oxygens (including phenoxy) is 1. The van der Waals surface area contributed by atoms with Gasteiger partial charge in [-0.25, -0.2) is 0 Å². The molecule has 4 atom stereocenters. The minimum Gasteiger partial charge on any atom is -0.491 e. The molecular weight excluding hydrogens is 466 g/mol. The highest BCUT2D eigenvalue weighted by Gasteiger charge is 2.59. The molecule has 2 amide bonds. The van der Waals surface area contributed by atoms with Crippen molar-refractivity contribution in [2.75, 3.05) is 26.2 Å². The van der Waals surface area contributed by atoms with Crippen LogP contribution in [-0.2, 0) is 12.8 Å². The second-order valence-corrected chi connectivity index (χ2v) is 11.6. The number of hydrogen-bond donors (Lipinski definition) is 1. The number of H-pyrrole nitrogens is 1. The van der Waals surface area contributed by atoms with E-state index >= 15 is 0 Å². The Kier molecular flexibility index (Phi) is 5.27. The summed E-state index contributed by atoms with van der Waals surface area (Å²) in [5.74, 6) is 3.01. The Bertz CT molecular complexity index is 1380. The van der Waals surface area contributed by atoms with Gasteiger partial charge in [-0.15, -0.1) is 5.10 Å².